The van der Waals surface area contributed by atoms with E-state index in [9.17, 15) is 14.9 Å². The summed E-state index contributed by atoms with van der Waals surface area (Å²) >= 11 is 11.0. The zero-order valence-corrected chi connectivity index (χ0v) is 15.6. The van der Waals surface area contributed by atoms with E-state index < -0.39 is 10.8 Å². The maximum Gasteiger partial charge on any atom is 0.282 e. The molecule has 1 fully saturated rings. The molecular weight excluding hydrogens is 364 g/mol. The van der Waals surface area contributed by atoms with Crippen molar-refractivity contribution in [3.63, 3.8) is 0 Å². The average molecular weight is 385 g/mol. The summed E-state index contributed by atoms with van der Waals surface area (Å²) in [5, 5.41) is 14.7. The van der Waals surface area contributed by atoms with Crippen LogP contribution in [0.4, 0.5) is 5.69 Å². The molecular formula is C16H21ClN4O3S. The van der Waals surface area contributed by atoms with Gasteiger partial charge in [0.05, 0.1) is 4.92 Å². The molecule has 1 aliphatic carbocycles. The minimum absolute atomic E-state index is 0.132. The van der Waals surface area contributed by atoms with Crippen LogP contribution in [0, 0.1) is 22.0 Å². The zero-order valence-electron chi connectivity index (χ0n) is 14.0. The Labute approximate surface area is 156 Å². The maximum absolute atomic E-state index is 12.2. The summed E-state index contributed by atoms with van der Waals surface area (Å²) in [5.41, 5.74) is 4.53. The molecule has 136 valence electrons. The number of nitro groups is 1. The average Bonchev–Trinajstić information content (AvgIpc) is 2.56. The van der Waals surface area contributed by atoms with E-state index in [-0.39, 0.29) is 27.4 Å². The second-order valence-electron chi connectivity index (χ2n) is 6.34. The van der Waals surface area contributed by atoms with Crippen molar-refractivity contribution in [1.29, 1.82) is 0 Å². The van der Waals surface area contributed by atoms with E-state index in [4.69, 9.17) is 23.8 Å². The minimum Gasteiger partial charge on any atom is -0.358 e. The van der Waals surface area contributed by atoms with Gasteiger partial charge in [0.1, 0.15) is 5.56 Å². The van der Waals surface area contributed by atoms with Crippen LogP contribution < -0.4 is 16.2 Å². The number of rotatable bonds is 3. The van der Waals surface area contributed by atoms with Crippen LogP contribution in [-0.2, 0) is 0 Å². The number of hydrazine groups is 1. The summed E-state index contributed by atoms with van der Waals surface area (Å²) in [5.74, 6) is 0.402. The predicted molar refractivity (Wildman–Crippen MR) is 100 cm³/mol. The summed E-state index contributed by atoms with van der Waals surface area (Å²) in [4.78, 5) is 22.6. The maximum atomic E-state index is 12.2. The van der Waals surface area contributed by atoms with Crippen molar-refractivity contribution in [2.24, 2.45) is 11.8 Å². The van der Waals surface area contributed by atoms with Gasteiger partial charge in [0.15, 0.2) is 5.11 Å². The third-order valence-electron chi connectivity index (χ3n) is 4.71. The van der Waals surface area contributed by atoms with Gasteiger partial charge in [-0.25, -0.2) is 0 Å². The Morgan fingerprint density at radius 3 is 2.72 bits per heavy atom. The summed E-state index contributed by atoms with van der Waals surface area (Å²) in [6.07, 6.45) is 3.35. The number of benzene rings is 1. The highest BCUT2D eigenvalue weighted by molar-refractivity contribution is 7.80. The van der Waals surface area contributed by atoms with Crippen LogP contribution in [0.2, 0.25) is 5.02 Å². The van der Waals surface area contributed by atoms with E-state index in [1.54, 1.807) is 0 Å². The van der Waals surface area contributed by atoms with Gasteiger partial charge in [-0.15, -0.1) is 0 Å². The molecule has 0 bridgehead atoms. The van der Waals surface area contributed by atoms with E-state index in [2.05, 4.69) is 30.0 Å². The zero-order chi connectivity index (χ0) is 18.6. The number of amides is 1. The van der Waals surface area contributed by atoms with Gasteiger partial charge < -0.3 is 5.32 Å². The fourth-order valence-corrected chi connectivity index (χ4v) is 3.39. The number of thiocarbonyl (C=S) groups is 1. The molecule has 0 radical (unpaired) electrons. The summed E-state index contributed by atoms with van der Waals surface area (Å²) in [6.45, 7) is 4.40. The van der Waals surface area contributed by atoms with Gasteiger partial charge in [-0.1, -0.05) is 38.3 Å². The van der Waals surface area contributed by atoms with Crippen molar-refractivity contribution in [3.8, 4) is 0 Å². The van der Waals surface area contributed by atoms with Gasteiger partial charge in [0, 0.05) is 17.1 Å². The van der Waals surface area contributed by atoms with Crippen molar-refractivity contribution < 1.29 is 9.72 Å². The molecule has 3 atom stereocenters. The number of nitrogens with one attached hydrogen (secondary N) is 3. The Morgan fingerprint density at radius 1 is 1.32 bits per heavy atom. The highest BCUT2D eigenvalue weighted by atomic mass is 35.5. The molecule has 1 saturated carbocycles. The molecule has 7 nitrogen and oxygen atoms in total. The van der Waals surface area contributed by atoms with Crippen LogP contribution >= 0.6 is 23.8 Å². The Bertz CT molecular complexity index is 685. The lowest BCUT2D eigenvalue weighted by Gasteiger charge is -2.35. The lowest BCUT2D eigenvalue weighted by molar-refractivity contribution is -0.385. The normalized spacial score (nSPS) is 22.8. The molecule has 0 unspecified atom stereocenters. The molecule has 0 spiro atoms. The smallest absolute Gasteiger partial charge is 0.282 e. The van der Waals surface area contributed by atoms with Gasteiger partial charge in [0.2, 0.25) is 0 Å². The molecule has 0 aliphatic heterocycles. The SMILES string of the molecule is C[C@H]1[C@@H](NC(=S)NNC(=O)c2cc(Cl)ccc2[N+](=O)[O-])CCC[C@@H]1C. The monoisotopic (exact) mass is 384 g/mol. The van der Waals surface area contributed by atoms with E-state index in [1.165, 1.54) is 24.6 Å². The van der Waals surface area contributed by atoms with Crippen molar-refractivity contribution in [2.75, 3.05) is 0 Å². The quantitative estimate of drug-likeness (QED) is 0.420. The third kappa shape index (κ3) is 5.02. The van der Waals surface area contributed by atoms with Crippen LogP contribution in [-0.4, -0.2) is 22.0 Å². The molecule has 9 heteroatoms. The van der Waals surface area contributed by atoms with Gasteiger partial charge in [-0.3, -0.25) is 25.8 Å². The van der Waals surface area contributed by atoms with Gasteiger partial charge in [-0.05, 0) is 42.6 Å². The van der Waals surface area contributed by atoms with Crippen molar-refractivity contribution in [1.82, 2.24) is 16.2 Å². The first-order valence-electron chi connectivity index (χ1n) is 8.10. The first kappa shape index (κ1) is 19.4. The number of hydrogen-bond donors (Lipinski definition) is 3. The molecule has 1 aliphatic rings. The summed E-state index contributed by atoms with van der Waals surface area (Å²) < 4.78 is 0. The molecule has 1 amide bonds. The molecule has 1 aromatic carbocycles. The number of nitrogens with zero attached hydrogens (tertiary/aromatic N) is 1. The van der Waals surface area contributed by atoms with E-state index in [0.29, 0.717) is 11.8 Å². The largest absolute Gasteiger partial charge is 0.358 e. The highest BCUT2D eigenvalue weighted by Gasteiger charge is 2.27. The third-order valence-corrected chi connectivity index (χ3v) is 5.17. The van der Waals surface area contributed by atoms with Gasteiger partial charge >= 0.3 is 0 Å². The van der Waals surface area contributed by atoms with Crippen LogP contribution in [0.1, 0.15) is 43.5 Å². The predicted octanol–water partition coefficient (Wildman–Crippen LogP) is 3.18. The number of carbonyl (C=O) groups is 1. The second kappa shape index (κ2) is 8.44. The Kier molecular flexibility index (Phi) is 6.55. The molecule has 0 saturated heterocycles. The fourth-order valence-electron chi connectivity index (χ4n) is 3.02. The number of halogens is 1. The summed E-state index contributed by atoms with van der Waals surface area (Å²) in [7, 11) is 0. The van der Waals surface area contributed by atoms with Crippen molar-refractivity contribution in [3.05, 3.63) is 38.9 Å². The van der Waals surface area contributed by atoms with Crippen LogP contribution in [0.3, 0.4) is 0 Å². The van der Waals surface area contributed by atoms with Gasteiger partial charge in [0.25, 0.3) is 11.6 Å². The first-order valence-corrected chi connectivity index (χ1v) is 8.89. The molecule has 1 aromatic rings. The topological polar surface area (TPSA) is 96.3 Å². The van der Waals surface area contributed by atoms with Crippen LogP contribution in [0.15, 0.2) is 18.2 Å². The van der Waals surface area contributed by atoms with Crippen LogP contribution in [0.25, 0.3) is 0 Å². The molecule has 0 aromatic heterocycles. The van der Waals surface area contributed by atoms with E-state index >= 15 is 0 Å². The Hall–Kier alpha value is -1.93. The lowest BCUT2D eigenvalue weighted by atomic mass is 9.78. The minimum atomic E-state index is -0.677. The second-order valence-corrected chi connectivity index (χ2v) is 7.19. The number of carbonyl (C=O) groups excluding carboxylic acids is 1. The summed E-state index contributed by atoms with van der Waals surface area (Å²) in [6, 6.07) is 4.04. The Balaban J connectivity index is 1.95. The lowest BCUT2D eigenvalue weighted by Crippen LogP contribution is -2.52. The Morgan fingerprint density at radius 2 is 2.04 bits per heavy atom. The molecule has 2 rings (SSSR count). The standard InChI is InChI=1S/C16H21ClN4O3S/c1-9-4-3-5-13(10(9)2)18-16(25)20-19-15(22)12-8-11(17)6-7-14(12)21(23)24/h6-10,13H,3-5H2,1-2H3,(H,19,22)(H2,18,20,25)/t9-,10+,13-/m0/s1. The van der Waals surface area contributed by atoms with E-state index in [1.807, 2.05) is 0 Å². The number of hydrogen-bond acceptors (Lipinski definition) is 4. The van der Waals surface area contributed by atoms with Crippen molar-refractivity contribution >= 4 is 40.5 Å². The number of nitro benzene ring substituents is 1. The molecule has 25 heavy (non-hydrogen) atoms. The van der Waals surface area contributed by atoms with Gasteiger partial charge in [-0.2, -0.15) is 0 Å². The fraction of sp³-hybridized carbons (Fsp3) is 0.500. The van der Waals surface area contributed by atoms with Crippen LogP contribution in [0.5, 0.6) is 0 Å². The van der Waals surface area contributed by atoms with Crippen molar-refractivity contribution in [2.45, 2.75) is 39.2 Å². The first-order chi connectivity index (χ1) is 11.8. The molecule has 3 N–H and O–H groups in total. The molecule has 0 heterocycles. The van der Waals surface area contributed by atoms with E-state index in [0.717, 1.165) is 12.8 Å². The highest BCUT2D eigenvalue weighted by Crippen LogP contribution is 2.29.